The van der Waals surface area contributed by atoms with Gasteiger partial charge in [-0.3, -0.25) is 4.79 Å². The lowest BCUT2D eigenvalue weighted by molar-refractivity contribution is -0.114. The fraction of sp³-hybridized carbons (Fsp3) is 0.235. The molecule has 1 aromatic carbocycles. The van der Waals surface area contributed by atoms with Crippen LogP contribution in [0.3, 0.4) is 0 Å². The van der Waals surface area contributed by atoms with Crippen LogP contribution in [0.2, 0.25) is 0 Å². The van der Waals surface area contributed by atoms with Crippen molar-refractivity contribution in [2.45, 2.75) is 13.8 Å². The second-order valence-corrected chi connectivity index (χ2v) is 6.30. The second-order valence-electron chi connectivity index (χ2n) is 5.07. The Bertz CT molecular complexity index is 821. The number of anilines is 2. The Balaban J connectivity index is 2.06. The van der Waals surface area contributed by atoms with Gasteiger partial charge >= 0.3 is 5.97 Å². The number of esters is 1. The van der Waals surface area contributed by atoms with Gasteiger partial charge in [0.05, 0.1) is 30.9 Å². The third kappa shape index (κ3) is 3.91. The molecule has 1 aromatic heterocycles. The lowest BCUT2D eigenvalue weighted by Crippen LogP contribution is -2.22. The molecule has 0 radical (unpaired) electrons. The molecule has 0 unspecified atom stereocenters. The van der Waals surface area contributed by atoms with Gasteiger partial charge in [-0.1, -0.05) is 6.07 Å². The average molecular weight is 343 g/mol. The molecule has 2 rings (SSSR count). The first-order valence-electron chi connectivity index (χ1n) is 7.18. The van der Waals surface area contributed by atoms with Crippen molar-refractivity contribution in [3.8, 4) is 6.07 Å². The molecule has 124 valence electrons. The average Bonchev–Trinajstić information content (AvgIpc) is 2.86. The van der Waals surface area contributed by atoms with E-state index >= 15 is 0 Å². The van der Waals surface area contributed by atoms with Gasteiger partial charge in [0, 0.05) is 10.6 Å². The monoisotopic (exact) mass is 343 g/mol. The van der Waals surface area contributed by atoms with Crippen LogP contribution < -0.4 is 10.6 Å². The summed E-state index contributed by atoms with van der Waals surface area (Å²) < 4.78 is 4.78. The number of benzene rings is 1. The summed E-state index contributed by atoms with van der Waals surface area (Å²) in [6.07, 6.45) is 0. The molecule has 2 N–H and O–H groups in total. The van der Waals surface area contributed by atoms with Crippen molar-refractivity contribution >= 4 is 33.9 Å². The maximum absolute atomic E-state index is 12.1. The Hall–Kier alpha value is -2.85. The van der Waals surface area contributed by atoms with E-state index in [1.807, 2.05) is 19.9 Å². The summed E-state index contributed by atoms with van der Waals surface area (Å²) in [7, 11) is 1.31. The third-order valence-corrected chi connectivity index (χ3v) is 4.60. The van der Waals surface area contributed by atoms with E-state index in [0.717, 1.165) is 10.4 Å². The summed E-state index contributed by atoms with van der Waals surface area (Å²) in [5, 5.41) is 15.0. The first kappa shape index (κ1) is 17.5. The number of aryl methyl sites for hydroxylation is 1. The van der Waals surface area contributed by atoms with Crippen LogP contribution in [-0.4, -0.2) is 25.5 Å². The van der Waals surface area contributed by atoms with Crippen molar-refractivity contribution in [1.82, 2.24) is 0 Å². The zero-order valence-corrected chi connectivity index (χ0v) is 14.4. The largest absolute Gasteiger partial charge is 0.465 e. The van der Waals surface area contributed by atoms with Crippen molar-refractivity contribution in [2.24, 2.45) is 0 Å². The molecule has 0 aliphatic heterocycles. The van der Waals surface area contributed by atoms with E-state index < -0.39 is 5.97 Å². The highest BCUT2D eigenvalue weighted by molar-refractivity contribution is 7.16. The predicted molar refractivity (Wildman–Crippen MR) is 93.4 cm³/mol. The van der Waals surface area contributed by atoms with Gasteiger partial charge in [0.15, 0.2) is 0 Å². The smallest absolute Gasteiger partial charge is 0.341 e. The van der Waals surface area contributed by atoms with Gasteiger partial charge < -0.3 is 15.4 Å². The number of nitrogens with one attached hydrogen (secondary N) is 2. The number of hydrogen-bond donors (Lipinski definition) is 2. The molecular weight excluding hydrogens is 326 g/mol. The van der Waals surface area contributed by atoms with Gasteiger partial charge in [0.25, 0.3) is 0 Å². The first-order valence-corrected chi connectivity index (χ1v) is 8.00. The number of carbonyl (C=O) groups is 2. The Kier molecular flexibility index (Phi) is 5.55. The number of rotatable bonds is 5. The second kappa shape index (κ2) is 7.62. The van der Waals surface area contributed by atoms with Gasteiger partial charge in [-0.25, -0.2) is 4.79 Å². The summed E-state index contributed by atoms with van der Waals surface area (Å²) in [6, 6.07) is 8.89. The third-order valence-electron chi connectivity index (χ3n) is 3.47. The minimum absolute atomic E-state index is 0.0193. The fourth-order valence-electron chi connectivity index (χ4n) is 2.11. The molecule has 0 bridgehead atoms. The number of nitrogens with zero attached hydrogens (tertiary/aromatic N) is 1. The molecule has 0 fully saturated rings. The van der Waals surface area contributed by atoms with E-state index in [1.54, 1.807) is 24.3 Å². The van der Waals surface area contributed by atoms with E-state index in [9.17, 15) is 9.59 Å². The maximum atomic E-state index is 12.1. The summed E-state index contributed by atoms with van der Waals surface area (Å²) in [5.41, 5.74) is 2.38. The zero-order chi connectivity index (χ0) is 17.7. The van der Waals surface area contributed by atoms with Crippen LogP contribution in [0.4, 0.5) is 10.7 Å². The van der Waals surface area contributed by atoms with E-state index in [1.165, 1.54) is 18.4 Å². The molecule has 1 amide bonds. The molecule has 6 nitrogen and oxygen atoms in total. The predicted octanol–water partition coefficient (Wildman–Crippen LogP) is 3.07. The molecule has 1 heterocycles. The lowest BCUT2D eigenvalue weighted by atomic mass is 10.1. The van der Waals surface area contributed by atoms with Crippen LogP contribution in [0, 0.1) is 25.2 Å². The van der Waals surface area contributed by atoms with E-state index in [4.69, 9.17) is 10.00 Å². The minimum atomic E-state index is -0.471. The normalized spacial score (nSPS) is 9.92. The van der Waals surface area contributed by atoms with Crippen molar-refractivity contribution in [3.63, 3.8) is 0 Å². The number of nitriles is 1. The van der Waals surface area contributed by atoms with Gasteiger partial charge in [-0.15, -0.1) is 11.3 Å². The Labute approximate surface area is 144 Å². The van der Waals surface area contributed by atoms with Crippen molar-refractivity contribution in [1.29, 1.82) is 5.26 Å². The number of thiophene rings is 1. The quantitative estimate of drug-likeness (QED) is 0.814. The molecule has 0 aliphatic carbocycles. The van der Waals surface area contributed by atoms with Gasteiger partial charge in [-0.05, 0) is 37.6 Å². The first-order chi connectivity index (χ1) is 11.5. The van der Waals surface area contributed by atoms with Crippen molar-refractivity contribution in [3.05, 3.63) is 45.8 Å². The van der Waals surface area contributed by atoms with Crippen LogP contribution in [0.1, 0.15) is 26.4 Å². The molecule has 7 heteroatoms. The van der Waals surface area contributed by atoms with Gasteiger partial charge in [0.2, 0.25) is 5.91 Å². The number of ether oxygens (including phenoxy) is 1. The number of hydrogen-bond acceptors (Lipinski definition) is 6. The molecular formula is C17H17N3O3S. The molecule has 0 spiro atoms. The highest BCUT2D eigenvalue weighted by Gasteiger charge is 2.21. The fourth-order valence-corrected chi connectivity index (χ4v) is 3.18. The van der Waals surface area contributed by atoms with Gasteiger partial charge in [0.1, 0.15) is 5.00 Å². The Morgan fingerprint density at radius 1 is 1.33 bits per heavy atom. The minimum Gasteiger partial charge on any atom is -0.465 e. The molecule has 0 aliphatic rings. The maximum Gasteiger partial charge on any atom is 0.341 e. The Morgan fingerprint density at radius 2 is 2.08 bits per heavy atom. The molecule has 2 aromatic rings. The summed E-state index contributed by atoms with van der Waals surface area (Å²) in [6.45, 7) is 3.72. The van der Waals surface area contributed by atoms with Crippen LogP contribution in [0.15, 0.2) is 24.3 Å². The van der Waals surface area contributed by atoms with Crippen molar-refractivity contribution < 1.29 is 14.3 Å². The molecule has 0 saturated heterocycles. The van der Waals surface area contributed by atoms with Crippen molar-refractivity contribution in [2.75, 3.05) is 24.3 Å². The zero-order valence-electron chi connectivity index (χ0n) is 13.6. The topological polar surface area (TPSA) is 91.2 Å². The van der Waals surface area contributed by atoms with E-state index in [2.05, 4.69) is 10.6 Å². The van der Waals surface area contributed by atoms with Crippen LogP contribution in [0.5, 0.6) is 0 Å². The standard InChI is InChI=1S/C17H17N3O3S/c1-10-11(2)24-16(15(10)17(22)23-3)20-14(21)9-19-13-6-4-5-12(7-13)8-18/h4-7,19H,9H2,1-3H3,(H,20,21). The number of amides is 1. The molecule has 0 saturated carbocycles. The highest BCUT2D eigenvalue weighted by Crippen LogP contribution is 2.32. The lowest BCUT2D eigenvalue weighted by Gasteiger charge is -2.08. The summed E-state index contributed by atoms with van der Waals surface area (Å²) in [4.78, 5) is 25.0. The number of carbonyl (C=O) groups excluding carboxylic acids is 2. The summed E-state index contributed by atoms with van der Waals surface area (Å²) in [5.74, 6) is -0.759. The molecule has 24 heavy (non-hydrogen) atoms. The molecule has 0 atom stereocenters. The highest BCUT2D eigenvalue weighted by atomic mass is 32.1. The SMILES string of the molecule is COC(=O)c1c(NC(=O)CNc2cccc(C#N)c2)sc(C)c1C. The van der Waals surface area contributed by atoms with Crippen LogP contribution in [-0.2, 0) is 9.53 Å². The van der Waals surface area contributed by atoms with Crippen LogP contribution >= 0.6 is 11.3 Å². The number of methoxy groups -OCH3 is 1. The van der Waals surface area contributed by atoms with E-state index in [-0.39, 0.29) is 12.5 Å². The van der Waals surface area contributed by atoms with Gasteiger partial charge in [-0.2, -0.15) is 5.26 Å². The van der Waals surface area contributed by atoms with E-state index in [0.29, 0.717) is 21.8 Å². The Morgan fingerprint density at radius 3 is 2.75 bits per heavy atom. The summed E-state index contributed by atoms with van der Waals surface area (Å²) >= 11 is 1.34. The van der Waals surface area contributed by atoms with Crippen LogP contribution in [0.25, 0.3) is 0 Å².